The van der Waals surface area contributed by atoms with Crippen molar-refractivity contribution in [1.29, 1.82) is 0 Å². The summed E-state index contributed by atoms with van der Waals surface area (Å²) in [5.74, 6) is 0.910. The Morgan fingerprint density at radius 2 is 2.07 bits per heavy atom. The third-order valence-electron chi connectivity index (χ3n) is 4.72. The van der Waals surface area contributed by atoms with Crippen LogP contribution in [0, 0.1) is 0 Å². The highest BCUT2D eigenvalue weighted by Gasteiger charge is 2.24. The maximum absolute atomic E-state index is 12.5. The Kier molecular flexibility index (Phi) is 6.41. The second kappa shape index (κ2) is 9.16. The van der Waals surface area contributed by atoms with Gasteiger partial charge < -0.3 is 19.7 Å². The molecule has 2 aromatic rings. The summed E-state index contributed by atoms with van der Waals surface area (Å²) in [5.41, 5.74) is 1.24. The lowest BCUT2D eigenvalue weighted by Crippen LogP contribution is -2.36. The molecule has 148 valence electrons. The number of carbonyl (C=O) groups excluding carboxylic acids is 2. The SMILES string of the molecule is COc1cccc(CN2CCC(NC(=O)c3cnc(OC)cn3)CCC2=O)c1. The van der Waals surface area contributed by atoms with Gasteiger partial charge >= 0.3 is 0 Å². The number of methoxy groups -OCH3 is 2. The Morgan fingerprint density at radius 1 is 1.21 bits per heavy atom. The van der Waals surface area contributed by atoms with Crippen LogP contribution in [0.15, 0.2) is 36.7 Å². The van der Waals surface area contributed by atoms with Crippen LogP contribution in [0.3, 0.4) is 0 Å². The Morgan fingerprint density at radius 3 is 2.79 bits per heavy atom. The van der Waals surface area contributed by atoms with Crippen LogP contribution >= 0.6 is 0 Å². The first-order chi connectivity index (χ1) is 13.6. The van der Waals surface area contributed by atoms with Gasteiger partial charge in [0.1, 0.15) is 11.4 Å². The summed E-state index contributed by atoms with van der Waals surface area (Å²) in [6, 6.07) is 7.61. The van der Waals surface area contributed by atoms with Crippen molar-refractivity contribution in [3.8, 4) is 11.6 Å². The summed E-state index contributed by atoms with van der Waals surface area (Å²) in [6.07, 6.45) is 4.46. The van der Waals surface area contributed by atoms with Crippen LogP contribution in [-0.2, 0) is 11.3 Å². The van der Waals surface area contributed by atoms with Gasteiger partial charge in [-0.05, 0) is 30.5 Å². The van der Waals surface area contributed by atoms with Crippen LogP contribution in [0.5, 0.6) is 11.6 Å². The van der Waals surface area contributed by atoms with Gasteiger partial charge in [-0.25, -0.2) is 9.97 Å². The summed E-state index contributed by atoms with van der Waals surface area (Å²) in [4.78, 5) is 34.7. The van der Waals surface area contributed by atoms with Gasteiger partial charge in [0.2, 0.25) is 11.8 Å². The van der Waals surface area contributed by atoms with E-state index in [1.54, 1.807) is 7.11 Å². The molecule has 0 bridgehead atoms. The van der Waals surface area contributed by atoms with E-state index in [9.17, 15) is 9.59 Å². The Bertz CT molecular complexity index is 825. The molecule has 0 radical (unpaired) electrons. The van der Waals surface area contributed by atoms with Gasteiger partial charge in [-0.3, -0.25) is 9.59 Å². The van der Waals surface area contributed by atoms with Gasteiger partial charge in [-0.2, -0.15) is 0 Å². The molecule has 28 heavy (non-hydrogen) atoms. The lowest BCUT2D eigenvalue weighted by molar-refractivity contribution is -0.131. The molecule has 0 saturated carbocycles. The molecule has 1 aromatic heterocycles. The second-order valence-electron chi connectivity index (χ2n) is 6.61. The van der Waals surface area contributed by atoms with Crippen LogP contribution in [0.25, 0.3) is 0 Å². The topological polar surface area (TPSA) is 93.7 Å². The molecule has 8 nitrogen and oxygen atoms in total. The van der Waals surface area contributed by atoms with E-state index in [-0.39, 0.29) is 23.6 Å². The molecule has 0 spiro atoms. The Labute approximate surface area is 163 Å². The first kappa shape index (κ1) is 19.6. The van der Waals surface area contributed by atoms with E-state index in [4.69, 9.17) is 9.47 Å². The minimum atomic E-state index is -0.297. The Hall–Kier alpha value is -3.16. The van der Waals surface area contributed by atoms with Gasteiger partial charge in [0, 0.05) is 25.6 Å². The maximum Gasteiger partial charge on any atom is 0.271 e. The molecule has 0 aliphatic carbocycles. The number of aromatic nitrogens is 2. The lowest BCUT2D eigenvalue weighted by Gasteiger charge is -2.21. The highest BCUT2D eigenvalue weighted by atomic mass is 16.5. The quantitative estimate of drug-likeness (QED) is 0.816. The van der Waals surface area contributed by atoms with Crippen molar-refractivity contribution in [2.24, 2.45) is 0 Å². The average Bonchev–Trinajstić information content (AvgIpc) is 2.90. The Balaban J connectivity index is 1.58. The smallest absolute Gasteiger partial charge is 0.271 e. The molecule has 3 rings (SSSR count). The number of nitrogens with zero attached hydrogens (tertiary/aromatic N) is 3. The summed E-state index contributed by atoms with van der Waals surface area (Å²) in [6.45, 7) is 1.11. The fraction of sp³-hybridized carbons (Fsp3) is 0.400. The number of hydrogen-bond donors (Lipinski definition) is 1. The third-order valence-corrected chi connectivity index (χ3v) is 4.72. The van der Waals surface area contributed by atoms with Crippen LogP contribution in [0.1, 0.15) is 35.3 Å². The minimum absolute atomic E-state index is 0.0869. The summed E-state index contributed by atoms with van der Waals surface area (Å²) < 4.78 is 10.2. The van der Waals surface area contributed by atoms with Crippen molar-refractivity contribution < 1.29 is 19.1 Å². The van der Waals surface area contributed by atoms with Gasteiger partial charge in [-0.1, -0.05) is 12.1 Å². The average molecular weight is 384 g/mol. The van der Waals surface area contributed by atoms with Gasteiger partial charge in [0.05, 0.1) is 26.6 Å². The van der Waals surface area contributed by atoms with Gasteiger partial charge in [0.15, 0.2) is 0 Å². The van der Waals surface area contributed by atoms with Crippen LogP contribution < -0.4 is 14.8 Å². The summed E-state index contributed by atoms with van der Waals surface area (Å²) in [7, 11) is 3.11. The van der Waals surface area contributed by atoms with E-state index in [2.05, 4.69) is 15.3 Å². The number of rotatable bonds is 6. The number of hydrogen-bond acceptors (Lipinski definition) is 6. The molecule has 1 fully saturated rings. The van der Waals surface area contributed by atoms with Crippen molar-refractivity contribution in [2.75, 3.05) is 20.8 Å². The number of carbonyl (C=O) groups is 2. The normalized spacial score (nSPS) is 17.0. The summed E-state index contributed by atoms with van der Waals surface area (Å²) in [5, 5.41) is 2.95. The van der Waals surface area contributed by atoms with Crippen LogP contribution in [-0.4, -0.2) is 53.5 Å². The molecule has 1 unspecified atom stereocenters. The summed E-state index contributed by atoms with van der Waals surface area (Å²) >= 11 is 0. The fourth-order valence-corrected chi connectivity index (χ4v) is 3.14. The third kappa shape index (κ3) is 4.97. The number of ether oxygens (including phenoxy) is 2. The molecular formula is C20H24N4O4. The molecule has 1 aliphatic rings. The predicted molar refractivity (Wildman–Crippen MR) is 102 cm³/mol. The van der Waals surface area contributed by atoms with Crippen molar-refractivity contribution in [2.45, 2.75) is 31.8 Å². The first-order valence-electron chi connectivity index (χ1n) is 9.16. The monoisotopic (exact) mass is 384 g/mol. The highest BCUT2D eigenvalue weighted by Crippen LogP contribution is 2.18. The lowest BCUT2D eigenvalue weighted by atomic mass is 10.1. The van der Waals surface area contributed by atoms with E-state index in [1.165, 1.54) is 19.5 Å². The van der Waals surface area contributed by atoms with Crippen LogP contribution in [0.4, 0.5) is 0 Å². The number of likely N-dealkylation sites (tertiary alicyclic amines) is 1. The standard InChI is InChI=1S/C20H24N4O4/c1-27-16-5-3-4-14(10-16)13-24-9-8-15(6-7-19(24)25)23-20(26)17-11-22-18(28-2)12-21-17/h3-5,10-12,15H,6-9,13H2,1-2H3,(H,23,26). The molecular weight excluding hydrogens is 360 g/mol. The zero-order valence-electron chi connectivity index (χ0n) is 16.1. The predicted octanol–water partition coefficient (Wildman–Crippen LogP) is 1.80. The molecule has 1 atom stereocenters. The number of nitrogens with one attached hydrogen (secondary N) is 1. The zero-order valence-corrected chi connectivity index (χ0v) is 16.1. The zero-order chi connectivity index (χ0) is 19.9. The number of amides is 2. The molecule has 1 saturated heterocycles. The second-order valence-corrected chi connectivity index (χ2v) is 6.61. The van der Waals surface area contributed by atoms with E-state index in [0.717, 1.165) is 11.3 Å². The molecule has 2 heterocycles. The molecule has 1 aromatic carbocycles. The molecule has 1 N–H and O–H groups in total. The van der Waals surface area contributed by atoms with Gasteiger partial charge in [0.25, 0.3) is 5.91 Å². The first-order valence-corrected chi connectivity index (χ1v) is 9.16. The molecule has 8 heteroatoms. The number of benzene rings is 1. The largest absolute Gasteiger partial charge is 0.497 e. The van der Waals surface area contributed by atoms with E-state index in [0.29, 0.717) is 38.2 Å². The highest BCUT2D eigenvalue weighted by molar-refractivity contribution is 5.92. The van der Waals surface area contributed by atoms with E-state index in [1.807, 2.05) is 29.2 Å². The fourth-order valence-electron chi connectivity index (χ4n) is 3.14. The van der Waals surface area contributed by atoms with Crippen molar-refractivity contribution in [3.05, 3.63) is 47.9 Å². The van der Waals surface area contributed by atoms with Crippen molar-refractivity contribution in [1.82, 2.24) is 20.2 Å². The van der Waals surface area contributed by atoms with E-state index < -0.39 is 0 Å². The van der Waals surface area contributed by atoms with E-state index >= 15 is 0 Å². The minimum Gasteiger partial charge on any atom is -0.497 e. The maximum atomic E-state index is 12.5. The van der Waals surface area contributed by atoms with Crippen molar-refractivity contribution >= 4 is 11.8 Å². The van der Waals surface area contributed by atoms with Gasteiger partial charge in [-0.15, -0.1) is 0 Å². The van der Waals surface area contributed by atoms with Crippen LogP contribution in [0.2, 0.25) is 0 Å². The van der Waals surface area contributed by atoms with Crippen molar-refractivity contribution in [3.63, 3.8) is 0 Å². The molecule has 2 amide bonds. The molecule has 1 aliphatic heterocycles.